The molecule has 0 aromatic heterocycles. The summed E-state index contributed by atoms with van der Waals surface area (Å²) in [5.41, 5.74) is 7.20. The maximum atomic E-state index is 11.6. The Hall–Kier alpha value is -1.07. The molecule has 90 valence electrons. The van der Waals surface area contributed by atoms with Crippen LogP contribution in [0, 0.1) is 0 Å². The summed E-state index contributed by atoms with van der Waals surface area (Å²) in [7, 11) is -3.18. The van der Waals surface area contributed by atoms with Crippen LogP contribution in [0.3, 0.4) is 0 Å². The van der Waals surface area contributed by atoms with Crippen molar-refractivity contribution in [2.24, 2.45) is 0 Å². The Morgan fingerprint density at radius 2 is 2.00 bits per heavy atom. The third-order valence-electron chi connectivity index (χ3n) is 2.29. The molecule has 0 fully saturated rings. The molecule has 4 nitrogen and oxygen atoms in total. The summed E-state index contributed by atoms with van der Waals surface area (Å²) in [5.74, 6) is 0. The second-order valence-electron chi connectivity index (χ2n) is 4.15. The maximum absolute atomic E-state index is 11.6. The van der Waals surface area contributed by atoms with Crippen molar-refractivity contribution in [2.75, 3.05) is 12.0 Å². The second-order valence-corrected chi connectivity index (χ2v) is 6.08. The fraction of sp³-hybridized carbons (Fsp3) is 0.455. The molecule has 0 saturated carbocycles. The van der Waals surface area contributed by atoms with Crippen molar-refractivity contribution in [1.29, 1.82) is 0 Å². The zero-order chi connectivity index (χ0) is 12.3. The van der Waals surface area contributed by atoms with E-state index in [0.29, 0.717) is 12.2 Å². The van der Waals surface area contributed by atoms with Crippen LogP contribution in [0.1, 0.15) is 19.4 Å². The first kappa shape index (κ1) is 13.0. The molecule has 0 aliphatic heterocycles. The van der Waals surface area contributed by atoms with Gasteiger partial charge < -0.3 is 5.73 Å². The Bertz CT molecular complexity index is 455. The Morgan fingerprint density at radius 3 is 2.44 bits per heavy atom. The summed E-state index contributed by atoms with van der Waals surface area (Å²) in [4.78, 5) is 0. The van der Waals surface area contributed by atoms with E-state index < -0.39 is 10.0 Å². The maximum Gasteiger partial charge on any atom is 0.211 e. The molecule has 16 heavy (non-hydrogen) atoms. The predicted molar refractivity (Wildman–Crippen MR) is 66.4 cm³/mol. The molecular weight excluding hydrogens is 224 g/mol. The largest absolute Gasteiger partial charge is 0.399 e. The average molecular weight is 242 g/mol. The van der Waals surface area contributed by atoms with Gasteiger partial charge in [0.25, 0.3) is 0 Å². The Labute approximate surface area is 97.1 Å². The van der Waals surface area contributed by atoms with Crippen molar-refractivity contribution in [2.45, 2.75) is 26.4 Å². The number of rotatable bonds is 4. The lowest BCUT2D eigenvalue weighted by molar-refractivity contribution is 0.351. The molecule has 0 saturated heterocycles. The topological polar surface area (TPSA) is 63.4 Å². The first-order valence-electron chi connectivity index (χ1n) is 5.12. The van der Waals surface area contributed by atoms with Crippen molar-refractivity contribution >= 4 is 15.7 Å². The molecule has 0 atom stereocenters. The monoisotopic (exact) mass is 242 g/mol. The van der Waals surface area contributed by atoms with Gasteiger partial charge in [0.2, 0.25) is 10.0 Å². The van der Waals surface area contributed by atoms with Crippen LogP contribution in [0.2, 0.25) is 0 Å². The van der Waals surface area contributed by atoms with Crippen LogP contribution in [0.15, 0.2) is 24.3 Å². The van der Waals surface area contributed by atoms with Gasteiger partial charge in [-0.15, -0.1) is 0 Å². The van der Waals surface area contributed by atoms with Crippen molar-refractivity contribution in [3.05, 3.63) is 29.8 Å². The lowest BCUT2D eigenvalue weighted by Crippen LogP contribution is -2.35. The molecule has 5 heteroatoms. The van der Waals surface area contributed by atoms with Crippen molar-refractivity contribution in [3.8, 4) is 0 Å². The van der Waals surface area contributed by atoms with E-state index in [9.17, 15) is 8.42 Å². The molecule has 1 aromatic carbocycles. The van der Waals surface area contributed by atoms with Crippen LogP contribution >= 0.6 is 0 Å². The van der Waals surface area contributed by atoms with Crippen LogP contribution in [0.4, 0.5) is 5.69 Å². The minimum atomic E-state index is -3.18. The number of hydrogen-bond acceptors (Lipinski definition) is 3. The normalized spacial score (nSPS) is 12.3. The average Bonchev–Trinajstić information content (AvgIpc) is 2.12. The van der Waals surface area contributed by atoms with Crippen LogP contribution in [0.5, 0.6) is 0 Å². The third kappa shape index (κ3) is 3.50. The van der Waals surface area contributed by atoms with E-state index in [1.165, 1.54) is 10.6 Å². The third-order valence-corrected chi connectivity index (χ3v) is 3.69. The van der Waals surface area contributed by atoms with Gasteiger partial charge in [0.1, 0.15) is 0 Å². The number of nitrogen functional groups attached to an aromatic ring is 1. The number of anilines is 1. The summed E-state index contributed by atoms with van der Waals surface area (Å²) < 4.78 is 24.6. The highest BCUT2D eigenvalue weighted by Gasteiger charge is 2.20. The van der Waals surface area contributed by atoms with Crippen LogP contribution in [-0.2, 0) is 16.6 Å². The summed E-state index contributed by atoms with van der Waals surface area (Å²) in [5, 5.41) is 0. The highest BCUT2D eigenvalue weighted by atomic mass is 32.2. The molecular formula is C11H18N2O2S. The van der Waals surface area contributed by atoms with Crippen LogP contribution in [-0.4, -0.2) is 25.0 Å². The summed E-state index contributed by atoms with van der Waals surface area (Å²) in [6.45, 7) is 4.07. The highest BCUT2D eigenvalue weighted by Crippen LogP contribution is 2.14. The zero-order valence-electron chi connectivity index (χ0n) is 9.84. The summed E-state index contributed by atoms with van der Waals surface area (Å²) in [6.07, 6.45) is 1.22. The Balaban J connectivity index is 2.93. The predicted octanol–water partition coefficient (Wildman–Crippen LogP) is 1.44. The number of hydrogen-bond donors (Lipinski definition) is 1. The van der Waals surface area contributed by atoms with Gasteiger partial charge in [-0.3, -0.25) is 0 Å². The van der Waals surface area contributed by atoms with E-state index in [4.69, 9.17) is 5.73 Å². The molecule has 0 amide bonds. The Morgan fingerprint density at radius 1 is 1.38 bits per heavy atom. The molecule has 0 aliphatic rings. The number of nitrogens with zero attached hydrogens (tertiary/aromatic N) is 1. The quantitative estimate of drug-likeness (QED) is 0.813. The molecule has 0 heterocycles. The molecule has 0 spiro atoms. The first-order chi connectivity index (χ1) is 7.30. The molecule has 2 N–H and O–H groups in total. The first-order valence-corrected chi connectivity index (χ1v) is 6.97. The van der Waals surface area contributed by atoms with Crippen LogP contribution in [0.25, 0.3) is 0 Å². The standard InChI is InChI=1S/C11H18N2O2S/c1-9(2)13(16(3,14)15)8-10-5-4-6-11(12)7-10/h4-7,9H,8,12H2,1-3H3. The molecule has 0 radical (unpaired) electrons. The number of benzene rings is 1. The fourth-order valence-corrected chi connectivity index (χ4v) is 2.70. The fourth-order valence-electron chi connectivity index (χ4n) is 1.55. The minimum absolute atomic E-state index is 0.0589. The van der Waals surface area contributed by atoms with Gasteiger partial charge in [0, 0.05) is 18.3 Å². The minimum Gasteiger partial charge on any atom is -0.399 e. The van der Waals surface area contributed by atoms with Crippen molar-refractivity contribution in [3.63, 3.8) is 0 Å². The van der Waals surface area contributed by atoms with Gasteiger partial charge in [-0.2, -0.15) is 4.31 Å². The molecule has 0 bridgehead atoms. The molecule has 1 aromatic rings. The van der Waals surface area contributed by atoms with E-state index in [1.54, 1.807) is 12.1 Å². The van der Waals surface area contributed by atoms with Crippen LogP contribution < -0.4 is 5.73 Å². The number of sulfonamides is 1. The SMILES string of the molecule is CC(C)N(Cc1cccc(N)c1)S(C)(=O)=O. The van der Waals surface area contributed by atoms with Gasteiger partial charge in [-0.1, -0.05) is 12.1 Å². The van der Waals surface area contributed by atoms with E-state index in [2.05, 4.69) is 0 Å². The molecule has 0 aliphatic carbocycles. The van der Waals surface area contributed by atoms with E-state index in [0.717, 1.165) is 5.56 Å². The van der Waals surface area contributed by atoms with Gasteiger partial charge in [0.05, 0.1) is 6.26 Å². The van der Waals surface area contributed by atoms with Gasteiger partial charge in [-0.25, -0.2) is 8.42 Å². The Kier molecular flexibility index (Phi) is 3.93. The lowest BCUT2D eigenvalue weighted by Gasteiger charge is -2.24. The van der Waals surface area contributed by atoms with Gasteiger partial charge >= 0.3 is 0 Å². The van der Waals surface area contributed by atoms with E-state index in [-0.39, 0.29) is 6.04 Å². The van der Waals surface area contributed by atoms with Gasteiger partial charge in [-0.05, 0) is 31.5 Å². The van der Waals surface area contributed by atoms with Crippen molar-refractivity contribution < 1.29 is 8.42 Å². The van der Waals surface area contributed by atoms with E-state index >= 15 is 0 Å². The smallest absolute Gasteiger partial charge is 0.211 e. The summed E-state index contributed by atoms with van der Waals surface area (Å²) >= 11 is 0. The van der Waals surface area contributed by atoms with E-state index in [1.807, 2.05) is 26.0 Å². The zero-order valence-corrected chi connectivity index (χ0v) is 10.7. The number of nitrogens with two attached hydrogens (primary N) is 1. The molecule has 1 rings (SSSR count). The van der Waals surface area contributed by atoms with Gasteiger partial charge in [0.15, 0.2) is 0 Å². The molecule has 0 unspecified atom stereocenters. The lowest BCUT2D eigenvalue weighted by atomic mass is 10.2. The second kappa shape index (κ2) is 4.84. The van der Waals surface area contributed by atoms with Crippen molar-refractivity contribution in [1.82, 2.24) is 4.31 Å². The highest BCUT2D eigenvalue weighted by molar-refractivity contribution is 7.88. The summed E-state index contributed by atoms with van der Waals surface area (Å²) in [6, 6.07) is 7.21.